The van der Waals surface area contributed by atoms with Crippen molar-refractivity contribution in [1.29, 1.82) is 0 Å². The van der Waals surface area contributed by atoms with Gasteiger partial charge < -0.3 is 19.1 Å². The fraction of sp³-hybridized carbons (Fsp3) is 0.385. The van der Waals surface area contributed by atoms with Crippen molar-refractivity contribution in [3.63, 3.8) is 0 Å². The number of nitrogens with zero attached hydrogens (tertiary/aromatic N) is 2. The van der Waals surface area contributed by atoms with E-state index in [0.717, 1.165) is 31.5 Å². The molecular formula is C26H30N2O5. The topological polar surface area (TPSA) is 68.3 Å². The number of carbonyl (C=O) groups excluding carboxylic acids is 2. The highest BCUT2D eigenvalue weighted by molar-refractivity contribution is 6.35. The van der Waals surface area contributed by atoms with E-state index in [2.05, 4.69) is 11.8 Å². The summed E-state index contributed by atoms with van der Waals surface area (Å²) in [6.07, 6.45) is 1.97. The van der Waals surface area contributed by atoms with Crippen molar-refractivity contribution in [2.45, 2.75) is 26.3 Å². The zero-order valence-electron chi connectivity index (χ0n) is 19.6. The Morgan fingerprint density at radius 3 is 2.18 bits per heavy atom. The molecule has 0 bridgehead atoms. The normalized spacial score (nSPS) is 17.1. The van der Waals surface area contributed by atoms with Gasteiger partial charge in [-0.15, -0.1) is 0 Å². The van der Waals surface area contributed by atoms with Crippen LogP contribution in [0.4, 0.5) is 0 Å². The molecule has 0 aliphatic carbocycles. The summed E-state index contributed by atoms with van der Waals surface area (Å²) in [7, 11) is 4.70. The van der Waals surface area contributed by atoms with Crippen molar-refractivity contribution in [2.24, 2.45) is 5.92 Å². The SMILES string of the molecule is COc1ccccc1CN1C(=O)C(c2ccc(OC)c(OC)c2)=C(N2CCC(C)CC2)C1=O. The predicted molar refractivity (Wildman–Crippen MR) is 125 cm³/mol. The first kappa shape index (κ1) is 22.7. The number of benzene rings is 2. The maximum Gasteiger partial charge on any atom is 0.278 e. The molecule has 0 radical (unpaired) electrons. The van der Waals surface area contributed by atoms with E-state index in [-0.39, 0.29) is 18.4 Å². The van der Waals surface area contributed by atoms with Gasteiger partial charge in [-0.3, -0.25) is 14.5 Å². The molecule has 174 valence electrons. The zero-order valence-corrected chi connectivity index (χ0v) is 19.6. The number of hydrogen-bond acceptors (Lipinski definition) is 6. The smallest absolute Gasteiger partial charge is 0.278 e. The van der Waals surface area contributed by atoms with Gasteiger partial charge in [0.1, 0.15) is 11.4 Å². The predicted octanol–water partition coefficient (Wildman–Crippen LogP) is 3.72. The largest absolute Gasteiger partial charge is 0.496 e. The third-order valence-corrected chi connectivity index (χ3v) is 6.44. The number of amides is 2. The van der Waals surface area contributed by atoms with Crippen LogP contribution in [0.1, 0.15) is 30.9 Å². The van der Waals surface area contributed by atoms with Gasteiger partial charge in [-0.05, 0) is 42.5 Å². The number of para-hydroxylation sites is 1. The highest BCUT2D eigenvalue weighted by Gasteiger charge is 2.42. The molecule has 2 amide bonds. The molecule has 1 fully saturated rings. The average Bonchev–Trinajstić information content (AvgIpc) is 3.09. The van der Waals surface area contributed by atoms with Gasteiger partial charge in [-0.25, -0.2) is 0 Å². The lowest BCUT2D eigenvalue weighted by molar-refractivity contribution is -0.138. The minimum atomic E-state index is -0.313. The Hall–Kier alpha value is -3.48. The fourth-order valence-corrected chi connectivity index (χ4v) is 4.49. The minimum absolute atomic E-state index is 0.145. The number of piperidine rings is 1. The van der Waals surface area contributed by atoms with Crippen molar-refractivity contribution < 1.29 is 23.8 Å². The quantitative estimate of drug-likeness (QED) is 0.599. The Bertz CT molecular complexity index is 1090. The fourth-order valence-electron chi connectivity index (χ4n) is 4.49. The monoisotopic (exact) mass is 450 g/mol. The number of imide groups is 1. The van der Waals surface area contributed by atoms with E-state index in [1.54, 1.807) is 39.5 Å². The second kappa shape index (κ2) is 9.57. The Labute approximate surface area is 194 Å². The molecule has 2 aliphatic heterocycles. The molecule has 7 heteroatoms. The highest BCUT2D eigenvalue weighted by Crippen LogP contribution is 2.38. The summed E-state index contributed by atoms with van der Waals surface area (Å²) >= 11 is 0. The summed E-state index contributed by atoms with van der Waals surface area (Å²) in [5.74, 6) is 1.74. The molecule has 0 spiro atoms. The minimum Gasteiger partial charge on any atom is -0.496 e. The van der Waals surface area contributed by atoms with Crippen molar-refractivity contribution >= 4 is 17.4 Å². The van der Waals surface area contributed by atoms with Crippen LogP contribution in [0.2, 0.25) is 0 Å². The molecule has 2 aliphatic rings. The molecule has 0 saturated carbocycles. The van der Waals surface area contributed by atoms with Crippen LogP contribution in [-0.2, 0) is 16.1 Å². The van der Waals surface area contributed by atoms with E-state index in [1.807, 2.05) is 24.3 Å². The zero-order chi connectivity index (χ0) is 23.5. The van der Waals surface area contributed by atoms with Crippen molar-refractivity contribution in [3.05, 3.63) is 59.3 Å². The highest BCUT2D eigenvalue weighted by atomic mass is 16.5. The summed E-state index contributed by atoms with van der Waals surface area (Å²) in [4.78, 5) is 30.8. The van der Waals surface area contributed by atoms with Crippen LogP contribution < -0.4 is 14.2 Å². The summed E-state index contributed by atoms with van der Waals surface area (Å²) in [6.45, 7) is 3.85. The molecular weight excluding hydrogens is 420 g/mol. The lowest BCUT2D eigenvalue weighted by Gasteiger charge is -2.32. The number of rotatable bonds is 7. The molecule has 1 saturated heterocycles. The van der Waals surface area contributed by atoms with Gasteiger partial charge in [0.25, 0.3) is 11.8 Å². The van der Waals surface area contributed by atoms with Crippen LogP contribution >= 0.6 is 0 Å². The first-order valence-electron chi connectivity index (χ1n) is 11.2. The van der Waals surface area contributed by atoms with Crippen LogP contribution in [0.5, 0.6) is 17.2 Å². The first-order valence-corrected chi connectivity index (χ1v) is 11.2. The number of ether oxygens (including phenoxy) is 3. The van der Waals surface area contributed by atoms with Crippen LogP contribution in [0.3, 0.4) is 0 Å². The molecule has 33 heavy (non-hydrogen) atoms. The van der Waals surface area contributed by atoms with Crippen LogP contribution in [-0.4, -0.2) is 56.0 Å². The first-order chi connectivity index (χ1) is 16.0. The number of carbonyl (C=O) groups is 2. The lowest BCUT2D eigenvalue weighted by atomic mass is 9.97. The Morgan fingerprint density at radius 2 is 1.52 bits per heavy atom. The molecule has 0 aromatic heterocycles. The molecule has 0 N–H and O–H groups in total. The van der Waals surface area contributed by atoms with E-state index in [4.69, 9.17) is 14.2 Å². The van der Waals surface area contributed by atoms with E-state index < -0.39 is 0 Å². The summed E-state index contributed by atoms with van der Waals surface area (Å²) < 4.78 is 16.3. The molecule has 4 rings (SSSR count). The average molecular weight is 451 g/mol. The summed E-state index contributed by atoms with van der Waals surface area (Å²) in [5, 5.41) is 0. The Balaban J connectivity index is 1.77. The second-order valence-electron chi connectivity index (χ2n) is 8.47. The standard InChI is InChI=1S/C26H30N2O5/c1-17-11-13-27(14-12-17)24-23(18-9-10-21(32-3)22(15-18)33-4)25(29)28(26(24)30)16-19-7-5-6-8-20(19)31-2/h5-10,15,17H,11-14,16H2,1-4H3. The summed E-state index contributed by atoms with van der Waals surface area (Å²) in [6, 6.07) is 12.8. The van der Waals surface area contributed by atoms with E-state index >= 15 is 0 Å². The van der Waals surface area contributed by atoms with Crippen molar-refractivity contribution in [1.82, 2.24) is 9.80 Å². The van der Waals surface area contributed by atoms with E-state index in [0.29, 0.717) is 40.0 Å². The molecule has 0 unspecified atom stereocenters. The molecule has 2 aromatic carbocycles. The van der Waals surface area contributed by atoms with Gasteiger partial charge in [0, 0.05) is 18.7 Å². The van der Waals surface area contributed by atoms with Crippen LogP contribution in [0.25, 0.3) is 5.57 Å². The van der Waals surface area contributed by atoms with Gasteiger partial charge in [-0.2, -0.15) is 0 Å². The molecule has 2 heterocycles. The second-order valence-corrected chi connectivity index (χ2v) is 8.47. The van der Waals surface area contributed by atoms with Crippen molar-refractivity contribution in [3.8, 4) is 17.2 Å². The summed E-state index contributed by atoms with van der Waals surface area (Å²) in [5.41, 5.74) is 2.29. The van der Waals surface area contributed by atoms with E-state index in [9.17, 15) is 9.59 Å². The molecule has 7 nitrogen and oxygen atoms in total. The van der Waals surface area contributed by atoms with Crippen LogP contribution in [0.15, 0.2) is 48.2 Å². The maximum absolute atomic E-state index is 13.7. The van der Waals surface area contributed by atoms with E-state index in [1.165, 1.54) is 4.90 Å². The maximum atomic E-state index is 13.7. The molecule has 0 atom stereocenters. The Kier molecular flexibility index (Phi) is 6.58. The van der Waals surface area contributed by atoms with Gasteiger partial charge >= 0.3 is 0 Å². The van der Waals surface area contributed by atoms with Crippen LogP contribution in [0, 0.1) is 5.92 Å². The van der Waals surface area contributed by atoms with Crippen molar-refractivity contribution in [2.75, 3.05) is 34.4 Å². The lowest BCUT2D eigenvalue weighted by Crippen LogP contribution is -2.38. The number of methoxy groups -OCH3 is 3. The van der Waals surface area contributed by atoms with Gasteiger partial charge in [-0.1, -0.05) is 31.2 Å². The number of hydrogen-bond donors (Lipinski definition) is 0. The Morgan fingerprint density at radius 1 is 0.848 bits per heavy atom. The third-order valence-electron chi connectivity index (χ3n) is 6.44. The number of likely N-dealkylation sites (tertiary alicyclic amines) is 1. The molecule has 2 aromatic rings. The van der Waals surface area contributed by atoms with Gasteiger partial charge in [0.15, 0.2) is 11.5 Å². The third kappa shape index (κ3) is 4.27. The van der Waals surface area contributed by atoms with Gasteiger partial charge in [0.2, 0.25) is 0 Å². The van der Waals surface area contributed by atoms with Gasteiger partial charge in [0.05, 0.1) is 33.4 Å².